The van der Waals surface area contributed by atoms with Crippen LogP contribution in [0.5, 0.6) is 0 Å². The molecule has 2 atom stereocenters. The van der Waals surface area contributed by atoms with Crippen LogP contribution in [0, 0.1) is 17.3 Å². The van der Waals surface area contributed by atoms with Crippen molar-refractivity contribution in [2.45, 2.75) is 20.3 Å². The van der Waals surface area contributed by atoms with E-state index in [1.807, 2.05) is 24.3 Å². The van der Waals surface area contributed by atoms with Gasteiger partial charge in [0.05, 0.1) is 0 Å². The fraction of sp³-hybridized carbons (Fsp3) is 0.353. The highest BCUT2D eigenvalue weighted by atomic mass is 16.1. The molecule has 1 heteroatoms. The third-order valence-electron chi connectivity index (χ3n) is 4.59. The molecule has 0 N–H and O–H groups in total. The molecule has 18 heavy (non-hydrogen) atoms. The number of ketones is 1. The van der Waals surface area contributed by atoms with Gasteiger partial charge >= 0.3 is 0 Å². The molecule has 2 bridgehead atoms. The highest BCUT2D eigenvalue weighted by Gasteiger charge is 2.54. The topological polar surface area (TPSA) is 17.1 Å². The minimum Gasteiger partial charge on any atom is -0.295 e. The van der Waals surface area contributed by atoms with E-state index in [4.69, 9.17) is 0 Å². The number of carbonyl (C=O) groups is 1. The Bertz CT molecular complexity index is 534. The average molecular weight is 238 g/mol. The quantitative estimate of drug-likeness (QED) is 0.764. The van der Waals surface area contributed by atoms with Gasteiger partial charge in [0, 0.05) is 5.92 Å². The Balaban J connectivity index is 1.86. The van der Waals surface area contributed by atoms with Crippen molar-refractivity contribution < 1.29 is 4.79 Å². The maximum Gasteiger partial charge on any atom is 0.159 e. The van der Waals surface area contributed by atoms with E-state index in [0.29, 0.717) is 11.7 Å². The monoisotopic (exact) mass is 238 g/mol. The van der Waals surface area contributed by atoms with Crippen molar-refractivity contribution >= 4 is 11.9 Å². The van der Waals surface area contributed by atoms with Crippen molar-refractivity contribution in [1.82, 2.24) is 0 Å². The van der Waals surface area contributed by atoms with E-state index >= 15 is 0 Å². The van der Waals surface area contributed by atoms with E-state index in [-0.39, 0.29) is 11.3 Å². The summed E-state index contributed by atoms with van der Waals surface area (Å²) >= 11 is 0. The van der Waals surface area contributed by atoms with Gasteiger partial charge in [-0.1, -0.05) is 56.3 Å². The van der Waals surface area contributed by atoms with E-state index in [0.717, 1.165) is 6.42 Å². The zero-order valence-electron chi connectivity index (χ0n) is 10.9. The minimum atomic E-state index is 0.155. The molecule has 0 spiro atoms. The lowest BCUT2D eigenvalue weighted by Gasteiger charge is -2.54. The first-order chi connectivity index (χ1) is 8.59. The molecular weight excluding hydrogens is 220 g/mol. The van der Waals surface area contributed by atoms with E-state index < -0.39 is 0 Å². The molecule has 3 aliphatic carbocycles. The summed E-state index contributed by atoms with van der Waals surface area (Å²) in [6, 6.07) is 10.2. The Hall–Kier alpha value is -1.63. The van der Waals surface area contributed by atoms with Gasteiger partial charge < -0.3 is 0 Å². The minimum absolute atomic E-state index is 0.155. The smallest absolute Gasteiger partial charge is 0.159 e. The lowest BCUT2D eigenvalue weighted by Crippen LogP contribution is -2.52. The molecule has 1 fully saturated rings. The summed E-state index contributed by atoms with van der Waals surface area (Å²) in [7, 11) is 0. The Kier molecular flexibility index (Phi) is 2.51. The van der Waals surface area contributed by atoms with Gasteiger partial charge in [-0.25, -0.2) is 0 Å². The maximum absolute atomic E-state index is 12.0. The second-order valence-electron chi connectivity index (χ2n) is 5.95. The van der Waals surface area contributed by atoms with Gasteiger partial charge in [-0.05, 0) is 35.0 Å². The van der Waals surface area contributed by atoms with Crippen molar-refractivity contribution in [1.29, 1.82) is 0 Å². The number of fused-ring (bicyclic) bond motifs is 1. The Morgan fingerprint density at radius 2 is 1.83 bits per heavy atom. The van der Waals surface area contributed by atoms with Crippen LogP contribution in [0.4, 0.5) is 0 Å². The van der Waals surface area contributed by atoms with E-state index in [2.05, 4.69) is 38.1 Å². The summed E-state index contributed by atoms with van der Waals surface area (Å²) in [4.78, 5) is 12.0. The number of benzene rings is 1. The van der Waals surface area contributed by atoms with Crippen LogP contribution in [0.1, 0.15) is 25.8 Å². The molecule has 0 aliphatic heterocycles. The van der Waals surface area contributed by atoms with Crippen LogP contribution in [-0.4, -0.2) is 5.78 Å². The summed E-state index contributed by atoms with van der Waals surface area (Å²) in [6.45, 7) is 4.43. The molecule has 92 valence electrons. The normalized spacial score (nSPS) is 29.0. The summed E-state index contributed by atoms with van der Waals surface area (Å²) in [5.74, 6) is 1.13. The summed E-state index contributed by atoms with van der Waals surface area (Å²) in [5, 5.41) is 0. The van der Waals surface area contributed by atoms with Crippen LogP contribution in [0.3, 0.4) is 0 Å². The molecule has 1 aromatic rings. The molecule has 0 aromatic heterocycles. The molecule has 0 saturated heterocycles. The number of carbonyl (C=O) groups excluding carboxylic acids is 1. The predicted octanol–water partition coefficient (Wildman–Crippen LogP) is 3.87. The first-order valence-electron chi connectivity index (χ1n) is 6.57. The van der Waals surface area contributed by atoms with Gasteiger partial charge in [-0.2, -0.15) is 0 Å². The van der Waals surface area contributed by atoms with Crippen LogP contribution in [-0.2, 0) is 4.79 Å². The first kappa shape index (κ1) is 11.5. The number of hydrogen-bond acceptors (Lipinski definition) is 1. The highest BCUT2D eigenvalue weighted by molar-refractivity contribution is 5.96. The van der Waals surface area contributed by atoms with Crippen molar-refractivity contribution in [3.05, 3.63) is 53.6 Å². The van der Waals surface area contributed by atoms with Crippen molar-refractivity contribution in [2.24, 2.45) is 17.3 Å². The Morgan fingerprint density at radius 1 is 1.11 bits per heavy atom. The molecule has 0 amide bonds. The molecule has 1 nitrogen and oxygen atoms in total. The Morgan fingerprint density at radius 3 is 2.44 bits per heavy atom. The number of hydrogen-bond donors (Lipinski definition) is 0. The number of rotatable bonds is 2. The standard InChI is InChI=1S/C17H18O/c1-17(2)14-11-15(17)16(18)10-13(14)9-8-12-6-4-3-5-7-12/h3-10,14-15H,11H2,1-2H3/b9-8+. The van der Waals surface area contributed by atoms with Gasteiger partial charge in [0.15, 0.2) is 5.78 Å². The van der Waals surface area contributed by atoms with Crippen LogP contribution >= 0.6 is 0 Å². The van der Waals surface area contributed by atoms with Gasteiger partial charge in [0.25, 0.3) is 0 Å². The Labute approximate surface area is 108 Å². The molecule has 0 radical (unpaired) electrons. The summed E-state index contributed by atoms with van der Waals surface area (Å²) < 4.78 is 0. The molecule has 4 rings (SSSR count). The fourth-order valence-electron chi connectivity index (χ4n) is 3.26. The molecule has 2 unspecified atom stereocenters. The molecule has 3 aliphatic rings. The highest BCUT2D eigenvalue weighted by Crippen LogP contribution is 2.58. The van der Waals surface area contributed by atoms with Gasteiger partial charge in [0.2, 0.25) is 0 Å². The van der Waals surface area contributed by atoms with Crippen LogP contribution < -0.4 is 0 Å². The number of allylic oxidation sites excluding steroid dienone is 3. The lowest BCUT2D eigenvalue weighted by atomic mass is 9.48. The van der Waals surface area contributed by atoms with E-state index in [9.17, 15) is 4.79 Å². The molecular formula is C17H18O. The first-order valence-corrected chi connectivity index (χ1v) is 6.57. The molecule has 1 saturated carbocycles. The fourth-order valence-corrected chi connectivity index (χ4v) is 3.26. The maximum atomic E-state index is 12.0. The largest absolute Gasteiger partial charge is 0.295 e. The second-order valence-corrected chi connectivity index (χ2v) is 5.95. The third-order valence-corrected chi connectivity index (χ3v) is 4.59. The zero-order valence-corrected chi connectivity index (χ0v) is 10.9. The summed E-state index contributed by atoms with van der Waals surface area (Å²) in [6.07, 6.45) is 7.11. The summed E-state index contributed by atoms with van der Waals surface area (Å²) in [5.41, 5.74) is 2.55. The second kappa shape index (κ2) is 3.94. The molecule has 1 aromatic carbocycles. The average Bonchev–Trinajstić information content (AvgIpc) is 2.36. The zero-order chi connectivity index (χ0) is 12.8. The lowest BCUT2D eigenvalue weighted by molar-refractivity contribution is -0.133. The van der Waals surface area contributed by atoms with Crippen molar-refractivity contribution in [3.63, 3.8) is 0 Å². The van der Waals surface area contributed by atoms with Gasteiger partial charge in [0.1, 0.15) is 0 Å². The predicted molar refractivity (Wildman–Crippen MR) is 73.9 cm³/mol. The van der Waals surface area contributed by atoms with Crippen LogP contribution in [0.15, 0.2) is 48.1 Å². The van der Waals surface area contributed by atoms with Crippen molar-refractivity contribution in [2.75, 3.05) is 0 Å². The molecule has 0 heterocycles. The van der Waals surface area contributed by atoms with Crippen molar-refractivity contribution in [3.8, 4) is 0 Å². The third kappa shape index (κ3) is 1.66. The SMILES string of the molecule is CC1(C)C2CC1C(/C=C/c1ccccc1)=CC2=O. The van der Waals surface area contributed by atoms with Crippen LogP contribution in [0.25, 0.3) is 6.08 Å². The van der Waals surface area contributed by atoms with Gasteiger partial charge in [-0.3, -0.25) is 4.79 Å². The van der Waals surface area contributed by atoms with E-state index in [1.54, 1.807) is 0 Å². The van der Waals surface area contributed by atoms with Crippen LogP contribution in [0.2, 0.25) is 0 Å². The van der Waals surface area contributed by atoms with Gasteiger partial charge in [-0.15, -0.1) is 0 Å². The van der Waals surface area contributed by atoms with E-state index in [1.165, 1.54) is 11.1 Å².